The molecule has 0 aliphatic rings. The Kier molecular flexibility index (Phi) is 21.7. The Labute approximate surface area is 120 Å². The van der Waals surface area contributed by atoms with E-state index in [9.17, 15) is 0 Å². The van der Waals surface area contributed by atoms with Crippen LogP contribution in [-0.2, 0) is 9.47 Å². The normalized spacial score (nSPS) is 11.3. The molecule has 6 nitrogen and oxygen atoms in total. The molecule has 0 aliphatic carbocycles. The fraction of sp³-hybridized carbons (Fsp3) is 0.750. The topological polar surface area (TPSA) is 109 Å². The summed E-state index contributed by atoms with van der Waals surface area (Å²) in [5.74, 6) is -0.472. The fourth-order valence-electron chi connectivity index (χ4n) is 0.354. The molecule has 0 heterocycles. The standard InChI is InChI=1S/2C4H8NO2.2ClH.Pb/c2*1-3(5)4(6)7-2;;;/h2*3,5H,1-2H3;2*1H;/q2*-1;;;+4. The van der Waals surface area contributed by atoms with E-state index in [1.165, 1.54) is 28.1 Å². The molecule has 0 spiro atoms. The zero-order valence-corrected chi connectivity index (χ0v) is 15.5. The van der Waals surface area contributed by atoms with E-state index in [1.807, 2.05) is 0 Å². The van der Waals surface area contributed by atoms with Gasteiger partial charge in [-0.05, 0) is 0 Å². The van der Waals surface area contributed by atoms with Crippen LogP contribution < -0.4 is 0 Å². The first kappa shape index (κ1) is 22.5. The number of nitrogens with one attached hydrogen (secondary N) is 2. The molecule has 2 atom stereocenters. The van der Waals surface area contributed by atoms with Crippen LogP contribution in [0.1, 0.15) is 13.8 Å². The number of carbonyl (C=O) groups excluding carboxylic acids is 2. The second-order valence-corrected chi connectivity index (χ2v) is 8.17. The van der Waals surface area contributed by atoms with Gasteiger partial charge in [0.25, 0.3) is 0 Å². The molecule has 4 N–H and O–H groups in total. The SMILES string of the molecule is COC(=[OH+])C(C)[NH-].COC(=[OH+])C(C)[NH-].[Cl][Pb+2][Cl]. The van der Waals surface area contributed by atoms with E-state index in [0.717, 1.165) is 0 Å². The molecule has 17 heavy (non-hydrogen) atoms. The second kappa shape index (κ2) is 16.4. The van der Waals surface area contributed by atoms with Crippen LogP contribution in [0.2, 0.25) is 0 Å². The van der Waals surface area contributed by atoms with E-state index in [4.69, 9.17) is 37.7 Å². The Morgan fingerprint density at radius 2 is 1.18 bits per heavy atom. The van der Waals surface area contributed by atoms with Crippen LogP contribution in [0.3, 0.4) is 0 Å². The first-order valence-corrected chi connectivity index (χ1v) is 13.9. The maximum absolute atomic E-state index is 8.44. The molecule has 0 amide bonds. The van der Waals surface area contributed by atoms with Gasteiger partial charge in [-0.25, -0.2) is 0 Å². The van der Waals surface area contributed by atoms with Gasteiger partial charge in [-0.2, -0.15) is 0 Å². The third-order valence-corrected chi connectivity index (χ3v) is 1.16. The van der Waals surface area contributed by atoms with Crippen molar-refractivity contribution in [1.82, 2.24) is 0 Å². The van der Waals surface area contributed by atoms with Gasteiger partial charge in [-0.1, -0.05) is 13.8 Å². The average Bonchev–Trinajstić information content (AvgIpc) is 2.28. The van der Waals surface area contributed by atoms with Gasteiger partial charge < -0.3 is 30.5 Å². The predicted molar refractivity (Wildman–Crippen MR) is 72.9 cm³/mol. The van der Waals surface area contributed by atoms with Crippen LogP contribution in [0.15, 0.2) is 0 Å². The number of rotatable bonds is 2. The van der Waals surface area contributed by atoms with E-state index in [-0.39, 0.29) is 11.9 Å². The second-order valence-electron chi connectivity index (χ2n) is 2.60. The minimum absolute atomic E-state index is 0.236. The van der Waals surface area contributed by atoms with Crippen LogP contribution in [0.25, 0.3) is 11.5 Å². The summed E-state index contributed by atoms with van der Waals surface area (Å²) in [6.07, 6.45) is 0. The monoisotopic (exact) mass is 484 g/mol. The molecule has 0 aromatic rings. The molecule has 2 unspecified atom stereocenters. The number of ether oxygens (including phenoxy) is 2. The summed E-state index contributed by atoms with van der Waals surface area (Å²) in [6, 6.07) is -1.27. The third-order valence-electron chi connectivity index (χ3n) is 1.16. The number of methoxy groups -OCH3 is 2. The molecule has 0 saturated heterocycles. The van der Waals surface area contributed by atoms with Crippen molar-refractivity contribution < 1.29 is 19.1 Å². The van der Waals surface area contributed by atoms with Gasteiger partial charge in [0.2, 0.25) is 0 Å². The number of hydrogen-bond donors (Lipinski definition) is 0. The molecule has 0 radical (unpaired) electrons. The van der Waals surface area contributed by atoms with E-state index in [0.29, 0.717) is 0 Å². The quantitative estimate of drug-likeness (QED) is 0.340. The minimum atomic E-state index is -0.972. The van der Waals surface area contributed by atoms with Crippen molar-refractivity contribution in [1.29, 1.82) is 0 Å². The Morgan fingerprint density at radius 3 is 1.18 bits per heavy atom. The van der Waals surface area contributed by atoms with E-state index < -0.39 is 33.9 Å². The van der Waals surface area contributed by atoms with E-state index in [2.05, 4.69) is 9.47 Å². The Balaban J connectivity index is -0.000000188. The number of hydrogen-bond acceptors (Lipinski definition) is 2. The van der Waals surface area contributed by atoms with Gasteiger partial charge in [0.05, 0.1) is 0 Å². The predicted octanol–water partition coefficient (Wildman–Crippen LogP) is 2.15. The van der Waals surface area contributed by atoms with Crippen molar-refractivity contribution in [2.24, 2.45) is 0 Å². The molecule has 0 aromatic carbocycles. The maximum atomic E-state index is 8.44. The third kappa shape index (κ3) is 22.1. The van der Waals surface area contributed by atoms with Gasteiger partial charge in [0.1, 0.15) is 0 Å². The number of halogens is 2. The van der Waals surface area contributed by atoms with Crippen molar-refractivity contribution in [3.05, 3.63) is 11.5 Å². The summed E-state index contributed by atoms with van der Waals surface area (Å²) in [4.78, 5) is 16.9. The summed E-state index contributed by atoms with van der Waals surface area (Å²) in [5, 5.41) is 0. The van der Waals surface area contributed by atoms with Crippen LogP contribution in [0.5, 0.6) is 0 Å². The average molecular weight is 484 g/mol. The zero-order valence-electron chi connectivity index (χ0n) is 10.1. The van der Waals surface area contributed by atoms with Crippen molar-refractivity contribution >= 4 is 50.4 Å². The molecular weight excluding hydrogens is 466 g/mol. The van der Waals surface area contributed by atoms with Crippen LogP contribution in [0.4, 0.5) is 0 Å². The summed E-state index contributed by atoms with van der Waals surface area (Å²) in [6.45, 7) is 3.05. The van der Waals surface area contributed by atoms with E-state index in [1.54, 1.807) is 0 Å². The summed E-state index contributed by atoms with van der Waals surface area (Å²) < 4.78 is 8.59. The molecule has 0 bridgehead atoms. The Bertz CT molecular complexity index is 186. The first-order chi connectivity index (χ1) is 7.78. The summed E-state index contributed by atoms with van der Waals surface area (Å²) in [5.41, 5.74) is 13.5. The van der Waals surface area contributed by atoms with Gasteiger partial charge in [0.15, 0.2) is 14.2 Å². The van der Waals surface area contributed by atoms with Gasteiger partial charge in [-0.15, -0.1) is 0 Å². The first-order valence-electron chi connectivity index (χ1n) is 4.36. The van der Waals surface area contributed by atoms with Crippen molar-refractivity contribution in [2.75, 3.05) is 14.2 Å². The van der Waals surface area contributed by atoms with Crippen molar-refractivity contribution in [3.63, 3.8) is 0 Å². The van der Waals surface area contributed by atoms with Crippen LogP contribution >= 0.6 is 16.6 Å². The Hall–Kier alpha value is 0.362. The molecule has 9 heteroatoms. The summed E-state index contributed by atoms with van der Waals surface area (Å²) in [7, 11) is 12.6. The molecule has 100 valence electrons. The van der Waals surface area contributed by atoms with Crippen molar-refractivity contribution in [2.45, 2.75) is 25.9 Å². The van der Waals surface area contributed by atoms with Gasteiger partial charge in [0, 0.05) is 12.1 Å². The zero-order chi connectivity index (χ0) is 14.4. The van der Waals surface area contributed by atoms with Gasteiger partial charge >= 0.3 is 50.4 Å². The molecule has 0 aromatic heterocycles. The molecule has 0 aliphatic heterocycles. The van der Waals surface area contributed by atoms with Crippen LogP contribution in [0, 0.1) is 0 Å². The van der Waals surface area contributed by atoms with Crippen LogP contribution in [-0.4, -0.2) is 69.6 Å². The fourth-order valence-corrected chi connectivity index (χ4v) is 0.354. The van der Waals surface area contributed by atoms with E-state index >= 15 is 0 Å². The van der Waals surface area contributed by atoms with Crippen molar-refractivity contribution in [3.8, 4) is 0 Å². The molecule has 0 fully saturated rings. The van der Waals surface area contributed by atoms with Gasteiger partial charge in [-0.3, -0.25) is 0 Å². The Morgan fingerprint density at radius 1 is 1.00 bits per heavy atom. The molecule has 0 saturated carbocycles. The molecular formula is C8H18Cl2N2O4Pb+2. The summed E-state index contributed by atoms with van der Waals surface area (Å²) >= 11 is -0.972. The number of esters is 2. The molecule has 0 rings (SSSR count).